The number of nitrogens with zero attached hydrogens (tertiary/aromatic N) is 2. The number of anilines is 1. The Morgan fingerprint density at radius 1 is 1.18 bits per heavy atom. The molecule has 0 unspecified atom stereocenters. The van der Waals surface area contributed by atoms with Crippen LogP contribution in [-0.2, 0) is 14.8 Å². The number of morpholine rings is 1. The maximum absolute atomic E-state index is 13.1. The van der Waals surface area contributed by atoms with Crippen molar-refractivity contribution in [2.24, 2.45) is 0 Å². The zero-order chi connectivity index (χ0) is 24.5. The van der Waals surface area contributed by atoms with Gasteiger partial charge in [0, 0.05) is 18.7 Å². The predicted molar refractivity (Wildman–Crippen MR) is 121 cm³/mol. The zero-order valence-corrected chi connectivity index (χ0v) is 19.4. The third-order valence-corrected chi connectivity index (χ3v) is 7.03. The molecule has 1 aliphatic heterocycles. The van der Waals surface area contributed by atoms with Crippen molar-refractivity contribution < 1.29 is 31.5 Å². The summed E-state index contributed by atoms with van der Waals surface area (Å²) in [5.74, 6) is -0.752. The van der Waals surface area contributed by atoms with Crippen LogP contribution < -0.4 is 10.1 Å². The average molecular weight is 495 g/mol. The fourth-order valence-corrected chi connectivity index (χ4v) is 4.96. The molecule has 12 heteroatoms. The number of hydrogen-bond donors (Lipinski definition) is 2. The highest BCUT2D eigenvalue weighted by Gasteiger charge is 2.27. The van der Waals surface area contributed by atoms with Gasteiger partial charge in [-0.25, -0.2) is 22.2 Å². The molecule has 0 aliphatic carbocycles. The summed E-state index contributed by atoms with van der Waals surface area (Å²) in [6.45, 7) is 4.69. The Bertz CT molecular complexity index is 1300. The van der Waals surface area contributed by atoms with Crippen molar-refractivity contribution >= 4 is 32.7 Å². The highest BCUT2D eigenvalue weighted by atomic mass is 32.2. The number of halogens is 2. The largest absolute Gasteiger partial charge is 0.489 e. The topological polar surface area (TPSA) is 114 Å². The molecule has 3 aromatic rings. The molecule has 2 N–H and O–H groups in total. The first-order valence-corrected chi connectivity index (χ1v) is 12.1. The number of carbonyl (C=O) groups is 1. The summed E-state index contributed by atoms with van der Waals surface area (Å²) < 4.78 is 64.3. The molecular formula is C22H24F2N4O5S. The van der Waals surface area contributed by atoms with E-state index in [2.05, 4.69) is 15.3 Å². The maximum Gasteiger partial charge on any atom is 0.295 e. The molecule has 0 spiro atoms. The van der Waals surface area contributed by atoms with Crippen LogP contribution in [0.15, 0.2) is 41.3 Å². The van der Waals surface area contributed by atoms with Gasteiger partial charge in [0.1, 0.15) is 5.75 Å². The van der Waals surface area contributed by atoms with Crippen LogP contribution in [-0.4, -0.2) is 61.0 Å². The second-order valence-corrected chi connectivity index (χ2v) is 9.89. The summed E-state index contributed by atoms with van der Waals surface area (Å²) in [5, 5.41) is 2.69. The lowest BCUT2D eigenvalue weighted by molar-refractivity contribution is 0.0730. The number of H-pyrrole nitrogens is 1. The maximum atomic E-state index is 13.1. The van der Waals surface area contributed by atoms with E-state index in [1.807, 2.05) is 0 Å². The molecular weight excluding hydrogens is 470 g/mol. The third-order valence-electron chi connectivity index (χ3n) is 5.14. The van der Waals surface area contributed by atoms with Crippen molar-refractivity contribution in [3.8, 4) is 5.75 Å². The number of ether oxygens (including phenoxy) is 2. The normalized spacial score (nSPS) is 15.2. The minimum absolute atomic E-state index is 0.00593. The fraction of sp³-hybridized carbons (Fsp3) is 0.364. The number of amides is 1. The van der Waals surface area contributed by atoms with Gasteiger partial charge in [-0.3, -0.25) is 4.79 Å². The lowest BCUT2D eigenvalue weighted by Crippen LogP contribution is -2.40. The van der Waals surface area contributed by atoms with Crippen LogP contribution in [0, 0.1) is 0 Å². The van der Waals surface area contributed by atoms with Gasteiger partial charge >= 0.3 is 0 Å². The number of imidazole rings is 1. The molecule has 1 aliphatic rings. The number of alkyl halides is 2. The van der Waals surface area contributed by atoms with Crippen LogP contribution in [0.2, 0.25) is 0 Å². The van der Waals surface area contributed by atoms with Gasteiger partial charge in [0.25, 0.3) is 12.3 Å². The summed E-state index contributed by atoms with van der Waals surface area (Å²) in [6.07, 6.45) is -3.00. The van der Waals surface area contributed by atoms with Crippen molar-refractivity contribution in [3.05, 3.63) is 47.8 Å². The average Bonchev–Trinajstić information content (AvgIpc) is 3.24. The van der Waals surface area contributed by atoms with Crippen LogP contribution in [0.4, 0.5) is 14.5 Å². The molecule has 2 heterocycles. The smallest absolute Gasteiger partial charge is 0.295 e. The van der Waals surface area contributed by atoms with Crippen LogP contribution in [0.1, 0.15) is 36.5 Å². The van der Waals surface area contributed by atoms with Crippen molar-refractivity contribution in [1.29, 1.82) is 0 Å². The van der Waals surface area contributed by atoms with E-state index in [-0.39, 0.29) is 40.9 Å². The van der Waals surface area contributed by atoms with Crippen molar-refractivity contribution in [3.63, 3.8) is 0 Å². The SMILES string of the molecule is CC(C)Oc1ccc(S(=O)(=O)N2CCOCC2)cc1NC(=O)c1ccc2nc(C(F)F)[nH]c2c1. The number of aromatic amines is 1. The number of rotatable bonds is 7. The predicted octanol–water partition coefficient (Wildman–Crippen LogP) is 3.56. The second kappa shape index (κ2) is 9.65. The number of carbonyl (C=O) groups excluding carboxylic acids is 1. The molecule has 182 valence electrons. The number of benzene rings is 2. The third kappa shape index (κ3) is 5.03. The van der Waals surface area contributed by atoms with E-state index in [1.54, 1.807) is 13.8 Å². The Kier molecular flexibility index (Phi) is 6.82. The molecule has 1 aromatic heterocycles. The first-order chi connectivity index (χ1) is 16.1. The summed E-state index contributed by atoms with van der Waals surface area (Å²) in [4.78, 5) is 19.3. The number of nitrogens with one attached hydrogen (secondary N) is 2. The van der Waals surface area contributed by atoms with E-state index >= 15 is 0 Å². The minimum Gasteiger partial charge on any atom is -0.489 e. The molecule has 2 aromatic carbocycles. The van der Waals surface area contributed by atoms with E-state index in [9.17, 15) is 22.0 Å². The summed E-state index contributed by atoms with van der Waals surface area (Å²) in [7, 11) is -3.80. The summed E-state index contributed by atoms with van der Waals surface area (Å²) in [6, 6.07) is 8.59. The van der Waals surface area contributed by atoms with E-state index in [4.69, 9.17) is 9.47 Å². The molecule has 0 bridgehead atoms. The molecule has 9 nitrogen and oxygen atoms in total. The van der Waals surface area contributed by atoms with Crippen LogP contribution >= 0.6 is 0 Å². The number of fused-ring (bicyclic) bond motifs is 1. The molecule has 4 rings (SSSR count). The monoisotopic (exact) mass is 494 g/mol. The van der Waals surface area contributed by atoms with Crippen molar-refractivity contribution in [1.82, 2.24) is 14.3 Å². The Morgan fingerprint density at radius 3 is 2.59 bits per heavy atom. The van der Waals surface area contributed by atoms with Gasteiger partial charge in [-0.2, -0.15) is 4.31 Å². The Balaban J connectivity index is 1.65. The zero-order valence-electron chi connectivity index (χ0n) is 18.5. The van der Waals surface area contributed by atoms with Gasteiger partial charge in [-0.15, -0.1) is 0 Å². The Morgan fingerprint density at radius 2 is 1.91 bits per heavy atom. The van der Waals surface area contributed by atoms with E-state index in [0.717, 1.165) is 0 Å². The van der Waals surface area contributed by atoms with Gasteiger partial charge < -0.3 is 19.8 Å². The number of hydrogen-bond acceptors (Lipinski definition) is 6. The first kappa shape index (κ1) is 24.0. The quantitative estimate of drug-likeness (QED) is 0.519. The van der Waals surface area contributed by atoms with Gasteiger partial charge in [-0.05, 0) is 50.2 Å². The van der Waals surface area contributed by atoms with Gasteiger partial charge in [0.15, 0.2) is 5.82 Å². The standard InChI is InChI=1S/C22H24F2N4O5S/c1-13(2)33-19-6-4-15(34(30,31)28-7-9-32-10-8-28)12-18(19)27-22(29)14-3-5-16-17(11-14)26-21(25-16)20(23)24/h3-6,11-13,20H,7-10H2,1-2H3,(H,25,26)(H,27,29). The van der Waals surface area contributed by atoms with Crippen LogP contribution in [0.25, 0.3) is 11.0 Å². The highest BCUT2D eigenvalue weighted by molar-refractivity contribution is 7.89. The fourth-order valence-electron chi connectivity index (χ4n) is 3.53. The minimum atomic E-state index is -3.80. The van der Waals surface area contributed by atoms with E-state index < -0.39 is 28.2 Å². The molecule has 1 fully saturated rings. The molecule has 0 atom stereocenters. The van der Waals surface area contributed by atoms with E-state index in [1.165, 1.54) is 40.7 Å². The summed E-state index contributed by atoms with van der Waals surface area (Å²) in [5.41, 5.74) is 0.930. The van der Waals surface area contributed by atoms with Crippen LogP contribution in [0.5, 0.6) is 5.75 Å². The van der Waals surface area contributed by atoms with E-state index in [0.29, 0.717) is 24.5 Å². The number of sulfonamides is 1. The molecule has 1 saturated heterocycles. The molecule has 34 heavy (non-hydrogen) atoms. The summed E-state index contributed by atoms with van der Waals surface area (Å²) >= 11 is 0. The van der Waals surface area contributed by atoms with Gasteiger partial charge in [-0.1, -0.05) is 0 Å². The highest BCUT2D eigenvalue weighted by Crippen LogP contribution is 2.31. The first-order valence-electron chi connectivity index (χ1n) is 10.6. The molecule has 0 radical (unpaired) electrons. The second-order valence-electron chi connectivity index (χ2n) is 7.95. The van der Waals surface area contributed by atoms with Crippen LogP contribution in [0.3, 0.4) is 0 Å². The molecule has 1 amide bonds. The lowest BCUT2D eigenvalue weighted by Gasteiger charge is -2.26. The Labute approximate surface area is 195 Å². The Hall–Kier alpha value is -3.09. The lowest BCUT2D eigenvalue weighted by atomic mass is 10.2. The van der Waals surface area contributed by atoms with Crippen molar-refractivity contribution in [2.75, 3.05) is 31.6 Å². The molecule has 0 saturated carbocycles. The van der Waals surface area contributed by atoms with Gasteiger partial charge in [0.05, 0.1) is 40.9 Å². The number of aromatic nitrogens is 2. The van der Waals surface area contributed by atoms with Gasteiger partial charge in [0.2, 0.25) is 10.0 Å². The van der Waals surface area contributed by atoms with Crippen molar-refractivity contribution in [2.45, 2.75) is 31.3 Å².